The Labute approximate surface area is 152 Å². The molecular formula is C20H34N4O. The van der Waals surface area contributed by atoms with Gasteiger partial charge in [0.05, 0.1) is 19.4 Å². The number of nitrogens with one attached hydrogen (secondary N) is 1. The van der Waals surface area contributed by atoms with Crippen molar-refractivity contribution in [3.05, 3.63) is 17.5 Å². The second-order valence-corrected chi connectivity index (χ2v) is 8.18. The lowest BCUT2D eigenvalue weighted by Gasteiger charge is -2.39. The minimum Gasteiger partial charge on any atom is -0.379 e. The highest BCUT2D eigenvalue weighted by Crippen LogP contribution is 2.34. The van der Waals surface area contributed by atoms with E-state index in [0.29, 0.717) is 12.0 Å². The summed E-state index contributed by atoms with van der Waals surface area (Å²) < 4.78 is 5.52. The van der Waals surface area contributed by atoms with Crippen LogP contribution in [0.15, 0.2) is 6.20 Å². The van der Waals surface area contributed by atoms with E-state index in [1.54, 1.807) is 0 Å². The first kappa shape index (κ1) is 17.5. The normalized spacial score (nSPS) is 27.6. The molecule has 0 amide bonds. The molecule has 0 unspecified atom stereocenters. The van der Waals surface area contributed by atoms with Crippen LogP contribution in [0.25, 0.3) is 0 Å². The van der Waals surface area contributed by atoms with Gasteiger partial charge in [0.15, 0.2) is 0 Å². The van der Waals surface area contributed by atoms with Gasteiger partial charge < -0.3 is 4.74 Å². The fourth-order valence-corrected chi connectivity index (χ4v) is 4.97. The molecule has 0 bridgehead atoms. The van der Waals surface area contributed by atoms with Crippen LogP contribution in [0.2, 0.25) is 0 Å². The fraction of sp³-hybridized carbons (Fsp3) is 0.850. The Morgan fingerprint density at radius 3 is 2.64 bits per heavy atom. The summed E-state index contributed by atoms with van der Waals surface area (Å²) in [5.74, 6) is 0.716. The molecule has 0 spiro atoms. The predicted molar refractivity (Wildman–Crippen MR) is 99.7 cm³/mol. The van der Waals surface area contributed by atoms with Crippen LogP contribution >= 0.6 is 0 Å². The van der Waals surface area contributed by atoms with Crippen LogP contribution in [0, 0.1) is 0 Å². The summed E-state index contributed by atoms with van der Waals surface area (Å²) in [7, 11) is 0. The van der Waals surface area contributed by atoms with E-state index < -0.39 is 0 Å². The number of nitrogens with zero attached hydrogens (tertiary/aromatic N) is 3. The van der Waals surface area contributed by atoms with Gasteiger partial charge in [0, 0.05) is 49.4 Å². The van der Waals surface area contributed by atoms with E-state index >= 15 is 0 Å². The Hall–Kier alpha value is -0.910. The van der Waals surface area contributed by atoms with Crippen molar-refractivity contribution in [1.29, 1.82) is 0 Å². The van der Waals surface area contributed by atoms with E-state index in [9.17, 15) is 0 Å². The van der Waals surface area contributed by atoms with Gasteiger partial charge in [0.1, 0.15) is 0 Å². The lowest BCUT2D eigenvalue weighted by Crippen LogP contribution is -2.49. The lowest BCUT2D eigenvalue weighted by molar-refractivity contribution is 0.0152. The fourth-order valence-electron chi connectivity index (χ4n) is 4.97. The van der Waals surface area contributed by atoms with Crippen LogP contribution in [0.1, 0.15) is 68.5 Å². The van der Waals surface area contributed by atoms with E-state index in [2.05, 4.69) is 26.2 Å². The average Bonchev–Trinajstić information content (AvgIpc) is 3.13. The van der Waals surface area contributed by atoms with Gasteiger partial charge in [-0.25, -0.2) is 0 Å². The number of H-pyrrole nitrogens is 1. The highest BCUT2D eigenvalue weighted by molar-refractivity contribution is 5.21. The standard InChI is InChI=1S/C20H34N4O/c1-2-6-17(7-3-1)20-18(14-21-22-20)15-24-9-5-4-8-19(24)16-23-10-12-25-13-11-23/h14,17,19H,1-13,15-16H2,(H,21,22)/t19-/m0/s1. The molecule has 1 saturated carbocycles. The molecular weight excluding hydrogens is 312 g/mol. The zero-order chi connectivity index (χ0) is 16.9. The number of hydrogen-bond donors (Lipinski definition) is 1. The molecule has 1 aromatic heterocycles. The largest absolute Gasteiger partial charge is 0.379 e. The Bertz CT molecular complexity index is 520. The minimum absolute atomic E-state index is 0.695. The molecule has 1 atom stereocenters. The van der Waals surface area contributed by atoms with Crippen molar-refractivity contribution in [1.82, 2.24) is 20.0 Å². The van der Waals surface area contributed by atoms with Gasteiger partial charge in [0.25, 0.3) is 0 Å². The number of hydrogen-bond acceptors (Lipinski definition) is 4. The van der Waals surface area contributed by atoms with Crippen molar-refractivity contribution in [2.45, 2.75) is 69.9 Å². The first-order valence-electron chi connectivity index (χ1n) is 10.5. The van der Waals surface area contributed by atoms with Gasteiger partial charge >= 0.3 is 0 Å². The third-order valence-electron chi connectivity index (χ3n) is 6.46. The molecule has 2 saturated heterocycles. The van der Waals surface area contributed by atoms with Crippen LogP contribution in [0.3, 0.4) is 0 Å². The topological polar surface area (TPSA) is 44.4 Å². The van der Waals surface area contributed by atoms with Gasteiger partial charge in [-0.05, 0) is 32.2 Å². The molecule has 3 fully saturated rings. The number of piperidine rings is 1. The number of aromatic nitrogens is 2. The third kappa shape index (κ3) is 4.44. The van der Waals surface area contributed by atoms with Crippen molar-refractivity contribution in [2.24, 2.45) is 0 Å². The van der Waals surface area contributed by atoms with E-state index in [-0.39, 0.29) is 0 Å². The molecule has 0 aromatic carbocycles. The molecule has 25 heavy (non-hydrogen) atoms. The molecule has 1 aliphatic carbocycles. The van der Waals surface area contributed by atoms with Crippen molar-refractivity contribution in [3.8, 4) is 0 Å². The highest BCUT2D eigenvalue weighted by atomic mass is 16.5. The van der Waals surface area contributed by atoms with Gasteiger partial charge in [-0.2, -0.15) is 5.10 Å². The summed E-state index contributed by atoms with van der Waals surface area (Å²) in [4.78, 5) is 5.33. The zero-order valence-electron chi connectivity index (χ0n) is 15.6. The molecule has 140 valence electrons. The molecule has 3 aliphatic rings. The Balaban J connectivity index is 1.40. The Morgan fingerprint density at radius 1 is 1.00 bits per heavy atom. The lowest BCUT2D eigenvalue weighted by atomic mass is 9.85. The monoisotopic (exact) mass is 346 g/mol. The van der Waals surface area contributed by atoms with E-state index in [4.69, 9.17) is 4.74 Å². The molecule has 4 rings (SSSR count). The summed E-state index contributed by atoms with van der Waals surface area (Å²) in [6.07, 6.45) is 13.0. The first-order chi connectivity index (χ1) is 12.4. The molecule has 5 heteroatoms. The van der Waals surface area contributed by atoms with E-state index in [1.807, 2.05) is 0 Å². The van der Waals surface area contributed by atoms with Gasteiger partial charge in [0.2, 0.25) is 0 Å². The second kappa shape index (κ2) is 8.65. The van der Waals surface area contributed by atoms with Crippen molar-refractivity contribution < 1.29 is 4.74 Å². The van der Waals surface area contributed by atoms with Crippen molar-refractivity contribution >= 4 is 0 Å². The van der Waals surface area contributed by atoms with Crippen LogP contribution in [0.5, 0.6) is 0 Å². The summed E-state index contributed by atoms with van der Waals surface area (Å²) in [6, 6.07) is 0.695. The molecule has 0 radical (unpaired) electrons. The van der Waals surface area contributed by atoms with Crippen LogP contribution in [-0.2, 0) is 11.3 Å². The summed E-state index contributed by atoms with van der Waals surface area (Å²) in [6.45, 7) is 7.54. The summed E-state index contributed by atoms with van der Waals surface area (Å²) >= 11 is 0. The SMILES string of the molecule is c1n[nH]c(C2CCCCC2)c1CN1CCCC[C@H]1CN1CCOCC1. The summed E-state index contributed by atoms with van der Waals surface area (Å²) in [5, 5.41) is 7.78. The Morgan fingerprint density at radius 2 is 1.80 bits per heavy atom. The van der Waals surface area contributed by atoms with Crippen LogP contribution in [-0.4, -0.2) is 65.4 Å². The number of rotatable bonds is 5. The maximum Gasteiger partial charge on any atom is 0.0594 e. The molecule has 2 aliphatic heterocycles. The van der Waals surface area contributed by atoms with Gasteiger partial charge in [-0.15, -0.1) is 0 Å². The number of ether oxygens (including phenoxy) is 1. The molecule has 1 N–H and O–H groups in total. The maximum atomic E-state index is 5.52. The van der Waals surface area contributed by atoms with E-state index in [1.165, 1.54) is 75.7 Å². The van der Waals surface area contributed by atoms with Gasteiger partial charge in [-0.3, -0.25) is 14.9 Å². The summed E-state index contributed by atoms with van der Waals surface area (Å²) in [5.41, 5.74) is 2.90. The average molecular weight is 347 g/mol. The predicted octanol–water partition coefficient (Wildman–Crippen LogP) is 3.14. The van der Waals surface area contributed by atoms with Crippen molar-refractivity contribution in [3.63, 3.8) is 0 Å². The number of morpholine rings is 1. The Kier molecular flexibility index (Phi) is 6.06. The first-order valence-corrected chi connectivity index (χ1v) is 10.5. The minimum atomic E-state index is 0.695. The van der Waals surface area contributed by atoms with Gasteiger partial charge in [-0.1, -0.05) is 25.7 Å². The third-order valence-corrected chi connectivity index (χ3v) is 6.46. The molecule has 3 heterocycles. The smallest absolute Gasteiger partial charge is 0.0594 e. The number of likely N-dealkylation sites (tertiary alicyclic amines) is 1. The van der Waals surface area contributed by atoms with Crippen LogP contribution in [0.4, 0.5) is 0 Å². The second-order valence-electron chi connectivity index (χ2n) is 8.18. The van der Waals surface area contributed by atoms with Crippen LogP contribution < -0.4 is 0 Å². The zero-order valence-corrected chi connectivity index (χ0v) is 15.6. The molecule has 1 aromatic rings. The highest BCUT2D eigenvalue weighted by Gasteiger charge is 2.27. The molecule has 5 nitrogen and oxygen atoms in total. The van der Waals surface area contributed by atoms with Crippen molar-refractivity contribution in [2.75, 3.05) is 39.4 Å². The quantitative estimate of drug-likeness (QED) is 0.889. The van der Waals surface area contributed by atoms with E-state index in [0.717, 1.165) is 32.8 Å². The number of aromatic amines is 1. The maximum absolute atomic E-state index is 5.52.